The highest BCUT2D eigenvalue weighted by molar-refractivity contribution is 5.99. The van der Waals surface area contributed by atoms with E-state index in [2.05, 4.69) is 16.0 Å². The number of hydrogen-bond donors (Lipinski definition) is 3. The zero-order valence-electron chi connectivity index (χ0n) is 12.0. The molecule has 108 valence electrons. The first-order valence-corrected chi connectivity index (χ1v) is 7.05. The summed E-state index contributed by atoms with van der Waals surface area (Å²) in [4.78, 5) is 23.9. The summed E-state index contributed by atoms with van der Waals surface area (Å²) in [6.45, 7) is 5.26. The van der Waals surface area contributed by atoms with Crippen LogP contribution >= 0.6 is 0 Å². The van der Waals surface area contributed by atoms with Gasteiger partial charge in [0.15, 0.2) is 0 Å². The Morgan fingerprint density at radius 1 is 1.40 bits per heavy atom. The SMILES string of the molecule is CCNC(=O)c1ccc(C)c(NC(=O)[C@H]2CCCN2)c1. The Morgan fingerprint density at radius 3 is 2.85 bits per heavy atom. The van der Waals surface area contributed by atoms with E-state index >= 15 is 0 Å². The highest BCUT2D eigenvalue weighted by Crippen LogP contribution is 2.18. The summed E-state index contributed by atoms with van der Waals surface area (Å²) < 4.78 is 0. The minimum atomic E-state index is -0.123. The molecular formula is C15H21N3O2. The molecule has 0 spiro atoms. The molecule has 1 saturated heterocycles. The molecule has 1 aliphatic heterocycles. The maximum atomic E-state index is 12.1. The van der Waals surface area contributed by atoms with Crippen LogP contribution in [0.15, 0.2) is 18.2 Å². The molecule has 0 saturated carbocycles. The van der Waals surface area contributed by atoms with Gasteiger partial charge in [-0.25, -0.2) is 0 Å². The Balaban J connectivity index is 2.11. The first-order valence-electron chi connectivity index (χ1n) is 7.05. The predicted octanol–water partition coefficient (Wildman–Crippen LogP) is 1.44. The standard InChI is InChI=1S/C15H21N3O2/c1-3-16-14(19)11-7-6-10(2)13(9-11)18-15(20)12-5-4-8-17-12/h6-7,9,12,17H,3-5,8H2,1-2H3,(H,16,19)(H,18,20)/t12-/m1/s1. The fourth-order valence-electron chi connectivity index (χ4n) is 2.29. The van der Waals surface area contributed by atoms with Crippen molar-refractivity contribution in [1.82, 2.24) is 10.6 Å². The van der Waals surface area contributed by atoms with Gasteiger partial charge in [0.2, 0.25) is 5.91 Å². The van der Waals surface area contributed by atoms with Gasteiger partial charge in [-0.1, -0.05) is 6.07 Å². The summed E-state index contributed by atoms with van der Waals surface area (Å²) in [5.41, 5.74) is 2.21. The molecule has 2 amide bonds. The number of hydrogen-bond acceptors (Lipinski definition) is 3. The second-order valence-electron chi connectivity index (χ2n) is 5.03. The Morgan fingerprint density at radius 2 is 2.20 bits per heavy atom. The Kier molecular flexibility index (Phi) is 4.74. The highest BCUT2D eigenvalue weighted by Gasteiger charge is 2.22. The summed E-state index contributed by atoms with van der Waals surface area (Å²) in [6.07, 6.45) is 1.89. The van der Waals surface area contributed by atoms with Crippen LogP contribution in [0.4, 0.5) is 5.69 Å². The lowest BCUT2D eigenvalue weighted by molar-refractivity contribution is -0.117. The van der Waals surface area contributed by atoms with Crippen LogP contribution in [-0.2, 0) is 4.79 Å². The summed E-state index contributed by atoms with van der Waals surface area (Å²) in [5, 5.41) is 8.82. The third kappa shape index (κ3) is 3.36. The molecule has 0 aliphatic carbocycles. The summed E-state index contributed by atoms with van der Waals surface area (Å²) >= 11 is 0. The van der Waals surface area contributed by atoms with Crippen LogP contribution in [0.3, 0.4) is 0 Å². The minimum absolute atomic E-state index is 0.0290. The summed E-state index contributed by atoms with van der Waals surface area (Å²) in [7, 11) is 0. The Labute approximate surface area is 119 Å². The van der Waals surface area contributed by atoms with Gasteiger partial charge in [0.05, 0.1) is 6.04 Å². The quantitative estimate of drug-likeness (QED) is 0.778. The molecule has 0 radical (unpaired) electrons. The van der Waals surface area contributed by atoms with E-state index in [1.807, 2.05) is 19.9 Å². The van der Waals surface area contributed by atoms with Gasteiger partial charge in [-0.05, 0) is 50.9 Å². The normalized spacial score (nSPS) is 17.8. The van der Waals surface area contributed by atoms with Gasteiger partial charge in [0.25, 0.3) is 5.91 Å². The molecule has 3 N–H and O–H groups in total. The number of aryl methyl sites for hydroxylation is 1. The molecule has 0 aromatic heterocycles. The number of rotatable bonds is 4. The van der Waals surface area contributed by atoms with Crippen LogP contribution in [0.2, 0.25) is 0 Å². The monoisotopic (exact) mass is 275 g/mol. The molecule has 1 fully saturated rings. The number of carbonyl (C=O) groups is 2. The van der Waals surface area contributed by atoms with Crippen molar-refractivity contribution in [2.24, 2.45) is 0 Å². The molecule has 5 nitrogen and oxygen atoms in total. The van der Waals surface area contributed by atoms with Gasteiger partial charge < -0.3 is 16.0 Å². The molecule has 1 aliphatic rings. The third-order valence-electron chi connectivity index (χ3n) is 3.47. The van der Waals surface area contributed by atoms with Gasteiger partial charge >= 0.3 is 0 Å². The number of benzene rings is 1. The fraction of sp³-hybridized carbons (Fsp3) is 0.467. The van der Waals surface area contributed by atoms with Gasteiger partial charge in [-0.2, -0.15) is 0 Å². The lowest BCUT2D eigenvalue weighted by Crippen LogP contribution is -2.35. The number of nitrogens with one attached hydrogen (secondary N) is 3. The van der Waals surface area contributed by atoms with Crippen molar-refractivity contribution in [3.8, 4) is 0 Å². The Bertz CT molecular complexity index is 508. The first kappa shape index (κ1) is 14.5. The van der Waals surface area contributed by atoms with E-state index in [9.17, 15) is 9.59 Å². The maximum absolute atomic E-state index is 12.1. The lowest BCUT2D eigenvalue weighted by Gasteiger charge is -2.14. The fourth-order valence-corrected chi connectivity index (χ4v) is 2.29. The largest absolute Gasteiger partial charge is 0.352 e. The van der Waals surface area contributed by atoms with E-state index in [1.165, 1.54) is 0 Å². The second-order valence-corrected chi connectivity index (χ2v) is 5.03. The van der Waals surface area contributed by atoms with E-state index in [0.717, 1.165) is 24.9 Å². The van der Waals surface area contributed by atoms with Crippen molar-refractivity contribution in [1.29, 1.82) is 0 Å². The van der Waals surface area contributed by atoms with Crippen molar-refractivity contribution in [2.75, 3.05) is 18.4 Å². The van der Waals surface area contributed by atoms with Gasteiger partial charge in [-0.15, -0.1) is 0 Å². The molecule has 5 heteroatoms. The van der Waals surface area contributed by atoms with E-state index < -0.39 is 0 Å². The van der Waals surface area contributed by atoms with E-state index in [0.29, 0.717) is 17.8 Å². The molecule has 0 unspecified atom stereocenters. The zero-order chi connectivity index (χ0) is 14.5. The smallest absolute Gasteiger partial charge is 0.251 e. The Hall–Kier alpha value is -1.88. The van der Waals surface area contributed by atoms with Crippen molar-refractivity contribution < 1.29 is 9.59 Å². The van der Waals surface area contributed by atoms with Crippen LogP contribution < -0.4 is 16.0 Å². The molecule has 1 aromatic rings. The molecule has 2 rings (SSSR count). The highest BCUT2D eigenvalue weighted by atomic mass is 16.2. The first-order chi connectivity index (χ1) is 9.61. The average Bonchev–Trinajstić information content (AvgIpc) is 2.95. The van der Waals surface area contributed by atoms with Gasteiger partial charge in [-0.3, -0.25) is 9.59 Å². The van der Waals surface area contributed by atoms with Crippen LogP contribution in [0.25, 0.3) is 0 Å². The van der Waals surface area contributed by atoms with Gasteiger partial charge in [0, 0.05) is 17.8 Å². The van der Waals surface area contributed by atoms with Crippen LogP contribution in [0, 0.1) is 6.92 Å². The zero-order valence-corrected chi connectivity index (χ0v) is 12.0. The van der Waals surface area contributed by atoms with Crippen molar-refractivity contribution in [3.63, 3.8) is 0 Å². The van der Waals surface area contributed by atoms with E-state index in [-0.39, 0.29) is 17.9 Å². The number of amides is 2. The third-order valence-corrected chi connectivity index (χ3v) is 3.47. The number of carbonyl (C=O) groups excluding carboxylic acids is 2. The summed E-state index contributed by atoms with van der Waals surface area (Å²) in [6, 6.07) is 5.22. The topological polar surface area (TPSA) is 70.2 Å². The molecule has 0 bridgehead atoms. The molecule has 20 heavy (non-hydrogen) atoms. The van der Waals surface area contributed by atoms with Gasteiger partial charge in [0.1, 0.15) is 0 Å². The maximum Gasteiger partial charge on any atom is 0.251 e. The van der Waals surface area contributed by atoms with Crippen LogP contribution in [-0.4, -0.2) is 30.9 Å². The van der Waals surface area contributed by atoms with Crippen molar-refractivity contribution >= 4 is 17.5 Å². The van der Waals surface area contributed by atoms with Crippen molar-refractivity contribution in [3.05, 3.63) is 29.3 Å². The predicted molar refractivity (Wildman–Crippen MR) is 78.8 cm³/mol. The minimum Gasteiger partial charge on any atom is -0.352 e. The molecule has 1 aromatic carbocycles. The molecular weight excluding hydrogens is 254 g/mol. The molecule has 1 atom stereocenters. The van der Waals surface area contributed by atoms with Crippen LogP contribution in [0.5, 0.6) is 0 Å². The average molecular weight is 275 g/mol. The molecule has 1 heterocycles. The summed E-state index contributed by atoms with van der Waals surface area (Å²) in [5.74, 6) is -0.152. The van der Waals surface area contributed by atoms with E-state index in [1.54, 1.807) is 12.1 Å². The second kappa shape index (κ2) is 6.52. The van der Waals surface area contributed by atoms with Crippen LogP contribution in [0.1, 0.15) is 35.7 Å². The lowest BCUT2D eigenvalue weighted by atomic mass is 10.1. The number of anilines is 1. The van der Waals surface area contributed by atoms with E-state index in [4.69, 9.17) is 0 Å². The van der Waals surface area contributed by atoms with Crippen molar-refractivity contribution in [2.45, 2.75) is 32.7 Å².